The van der Waals surface area contributed by atoms with Crippen LogP contribution in [0.5, 0.6) is 0 Å². The Kier molecular flexibility index (Phi) is 4.85. The molecule has 2 N–H and O–H groups in total. The van der Waals surface area contributed by atoms with Crippen LogP contribution in [0.1, 0.15) is 40.2 Å². The molecule has 22 heavy (non-hydrogen) atoms. The highest BCUT2D eigenvalue weighted by Crippen LogP contribution is 2.19. The normalized spacial score (nSPS) is 11.9. The Morgan fingerprint density at radius 3 is 2.68 bits per heavy atom. The van der Waals surface area contributed by atoms with Crippen molar-refractivity contribution in [3.8, 4) is 0 Å². The molecule has 118 valence electrons. The van der Waals surface area contributed by atoms with Crippen LogP contribution in [-0.4, -0.2) is 15.5 Å². The van der Waals surface area contributed by atoms with Crippen LogP contribution in [0.15, 0.2) is 35.1 Å². The van der Waals surface area contributed by atoms with Gasteiger partial charge in [-0.1, -0.05) is 19.9 Å². The molecule has 1 amide bonds. The monoisotopic (exact) mass is 301 g/mol. The van der Waals surface area contributed by atoms with Crippen molar-refractivity contribution in [3.05, 3.63) is 40.8 Å². The molecule has 0 saturated carbocycles. The highest BCUT2D eigenvalue weighted by Gasteiger charge is 2.10. The number of hydrogen-bond donors (Lipinski definition) is 2. The van der Waals surface area contributed by atoms with E-state index in [1.807, 2.05) is 32.1 Å². The average molecular weight is 301 g/mol. The number of amides is 1. The highest BCUT2D eigenvalue weighted by molar-refractivity contribution is 6.00. The van der Waals surface area contributed by atoms with E-state index in [2.05, 4.69) is 24.1 Å². The van der Waals surface area contributed by atoms with Gasteiger partial charge in [-0.05, 0) is 50.5 Å². The number of nitrogens with zero attached hydrogens (tertiary/aromatic N) is 1. The van der Waals surface area contributed by atoms with Crippen molar-refractivity contribution < 1.29 is 4.79 Å². The van der Waals surface area contributed by atoms with E-state index in [0.717, 1.165) is 17.5 Å². The number of benzene rings is 1. The molecule has 1 aromatic carbocycles. The fourth-order valence-electron chi connectivity index (χ4n) is 2.34. The summed E-state index contributed by atoms with van der Waals surface area (Å²) in [5.41, 5.74) is 2.11. The van der Waals surface area contributed by atoms with Crippen molar-refractivity contribution >= 4 is 22.6 Å². The largest absolute Gasteiger partial charge is 0.326 e. The summed E-state index contributed by atoms with van der Waals surface area (Å²) >= 11 is 0. The lowest BCUT2D eigenvalue weighted by atomic mass is 10.1. The Labute approximate surface area is 130 Å². The summed E-state index contributed by atoms with van der Waals surface area (Å²) in [6.45, 7) is 8.11. The molecule has 2 aromatic rings. The fraction of sp³-hybridized carbons (Fsp3) is 0.412. The first-order chi connectivity index (χ1) is 10.4. The maximum atomic E-state index is 11.9. The van der Waals surface area contributed by atoms with Gasteiger partial charge in [0.25, 0.3) is 0 Å². The molecule has 0 aliphatic carbocycles. The molecule has 1 aromatic heterocycles. The van der Waals surface area contributed by atoms with Gasteiger partial charge in [0, 0.05) is 11.7 Å². The number of imidazole rings is 1. The molecule has 0 saturated heterocycles. The molecule has 0 fully saturated rings. The molecule has 0 atom stereocenters. The fourth-order valence-corrected chi connectivity index (χ4v) is 2.34. The Bertz CT molecular complexity index is 751. The van der Waals surface area contributed by atoms with Gasteiger partial charge in [-0.15, -0.1) is 0 Å². The second kappa shape index (κ2) is 6.64. The van der Waals surface area contributed by atoms with Gasteiger partial charge in [-0.2, -0.15) is 0 Å². The van der Waals surface area contributed by atoms with E-state index in [0.29, 0.717) is 11.6 Å². The first-order valence-corrected chi connectivity index (χ1v) is 7.60. The molecule has 1 heterocycles. The lowest BCUT2D eigenvalue weighted by Gasteiger charge is -2.08. The van der Waals surface area contributed by atoms with Gasteiger partial charge in [-0.3, -0.25) is 9.36 Å². The first-order valence-electron chi connectivity index (χ1n) is 7.60. The second-order valence-corrected chi connectivity index (χ2v) is 6.15. The third kappa shape index (κ3) is 3.67. The number of fused-ring (bicyclic) bond motifs is 1. The number of H-pyrrole nitrogens is 1. The molecule has 0 aliphatic rings. The van der Waals surface area contributed by atoms with Crippen molar-refractivity contribution in [1.29, 1.82) is 0 Å². The van der Waals surface area contributed by atoms with Gasteiger partial charge in [0.05, 0.1) is 11.0 Å². The summed E-state index contributed by atoms with van der Waals surface area (Å²) in [5.74, 6) is 0.370. The number of carbonyl (C=O) groups excluding carboxylic acids is 1. The number of aromatic amines is 1. The maximum absolute atomic E-state index is 11.9. The van der Waals surface area contributed by atoms with Crippen molar-refractivity contribution in [2.45, 2.75) is 40.2 Å². The van der Waals surface area contributed by atoms with Crippen molar-refractivity contribution in [2.24, 2.45) is 5.92 Å². The summed E-state index contributed by atoms with van der Waals surface area (Å²) in [6.07, 6.45) is 4.30. The van der Waals surface area contributed by atoms with Crippen LogP contribution in [0, 0.1) is 5.92 Å². The minimum Gasteiger partial charge on any atom is -0.322 e. The van der Waals surface area contributed by atoms with Crippen molar-refractivity contribution in [1.82, 2.24) is 9.55 Å². The Morgan fingerprint density at radius 1 is 1.32 bits per heavy atom. The molecule has 0 aliphatic heterocycles. The molecule has 0 unspecified atom stereocenters. The number of aromatic nitrogens is 2. The van der Waals surface area contributed by atoms with Crippen LogP contribution in [0.4, 0.5) is 5.69 Å². The number of carbonyl (C=O) groups is 1. The first kappa shape index (κ1) is 16.1. The molecular weight excluding hydrogens is 278 g/mol. The van der Waals surface area contributed by atoms with E-state index >= 15 is 0 Å². The molecule has 5 nitrogen and oxygen atoms in total. The van der Waals surface area contributed by atoms with Gasteiger partial charge in [0.15, 0.2) is 0 Å². The van der Waals surface area contributed by atoms with E-state index < -0.39 is 0 Å². The second-order valence-electron chi connectivity index (χ2n) is 6.15. The van der Waals surface area contributed by atoms with Crippen LogP contribution in [0.2, 0.25) is 0 Å². The van der Waals surface area contributed by atoms with E-state index in [9.17, 15) is 9.59 Å². The molecule has 2 rings (SSSR count). The number of rotatable bonds is 5. The minimum atomic E-state index is -0.158. The zero-order valence-corrected chi connectivity index (χ0v) is 13.5. The quantitative estimate of drug-likeness (QED) is 0.831. The maximum Gasteiger partial charge on any atom is 0.326 e. The summed E-state index contributed by atoms with van der Waals surface area (Å²) < 4.78 is 1.68. The van der Waals surface area contributed by atoms with E-state index in [1.165, 1.54) is 0 Å². The van der Waals surface area contributed by atoms with Gasteiger partial charge in [0.2, 0.25) is 5.91 Å². The Hall–Kier alpha value is -2.30. The Balaban J connectivity index is 2.22. The van der Waals surface area contributed by atoms with E-state index in [4.69, 9.17) is 0 Å². The summed E-state index contributed by atoms with van der Waals surface area (Å²) in [7, 11) is 0. The molecule has 0 bridgehead atoms. The van der Waals surface area contributed by atoms with Gasteiger partial charge in [-0.25, -0.2) is 4.79 Å². The molecule has 0 radical (unpaired) electrons. The van der Waals surface area contributed by atoms with Crippen molar-refractivity contribution in [2.75, 3.05) is 5.32 Å². The van der Waals surface area contributed by atoms with E-state index in [-0.39, 0.29) is 17.6 Å². The molecule has 0 spiro atoms. The number of anilines is 1. The summed E-state index contributed by atoms with van der Waals surface area (Å²) in [6, 6.07) is 5.47. The zero-order chi connectivity index (χ0) is 16.3. The molecule has 5 heteroatoms. The molecular formula is C17H23N3O2. The van der Waals surface area contributed by atoms with Gasteiger partial charge in [0.1, 0.15) is 0 Å². The number of allylic oxidation sites excluding steroid dienone is 1. The van der Waals surface area contributed by atoms with Gasteiger partial charge < -0.3 is 10.3 Å². The van der Waals surface area contributed by atoms with Crippen LogP contribution >= 0.6 is 0 Å². The standard InChI is InChI=1S/C17H23N3O2/c1-11(2)6-5-7-16(21)18-13-8-9-14-15(10-13)20(12(3)4)17(22)19-14/h5,7-12H,6H2,1-4H3,(H,18,21)(H,19,22)/b7-5+. The van der Waals surface area contributed by atoms with Gasteiger partial charge >= 0.3 is 5.69 Å². The minimum absolute atomic E-state index is 0.0538. The van der Waals surface area contributed by atoms with Crippen molar-refractivity contribution in [3.63, 3.8) is 0 Å². The Morgan fingerprint density at radius 2 is 2.05 bits per heavy atom. The summed E-state index contributed by atoms with van der Waals surface area (Å²) in [5, 5.41) is 2.83. The number of hydrogen-bond acceptors (Lipinski definition) is 2. The topological polar surface area (TPSA) is 66.9 Å². The van der Waals surface area contributed by atoms with Crippen LogP contribution in [-0.2, 0) is 4.79 Å². The van der Waals surface area contributed by atoms with Crippen LogP contribution < -0.4 is 11.0 Å². The predicted molar refractivity (Wildman–Crippen MR) is 90.2 cm³/mol. The third-order valence-electron chi connectivity index (χ3n) is 3.38. The van der Waals surface area contributed by atoms with E-state index in [1.54, 1.807) is 16.7 Å². The number of nitrogens with one attached hydrogen (secondary N) is 2. The zero-order valence-electron chi connectivity index (χ0n) is 13.5. The van der Waals surface area contributed by atoms with Crippen LogP contribution in [0.3, 0.4) is 0 Å². The smallest absolute Gasteiger partial charge is 0.322 e. The average Bonchev–Trinajstić information content (AvgIpc) is 2.73. The lowest BCUT2D eigenvalue weighted by Crippen LogP contribution is -2.18. The SMILES string of the molecule is CC(C)C/C=C/C(=O)Nc1ccc2[nH]c(=O)n(C(C)C)c2c1. The third-order valence-corrected chi connectivity index (χ3v) is 3.38. The summed E-state index contributed by atoms with van der Waals surface area (Å²) in [4.78, 5) is 26.6. The van der Waals surface area contributed by atoms with Crippen LogP contribution in [0.25, 0.3) is 11.0 Å². The predicted octanol–water partition coefficient (Wildman–Crippen LogP) is 3.45. The lowest BCUT2D eigenvalue weighted by molar-refractivity contribution is -0.111. The highest BCUT2D eigenvalue weighted by atomic mass is 16.2.